The molecule has 8 heteroatoms. The van der Waals surface area contributed by atoms with E-state index in [1.165, 1.54) is 0 Å². The average Bonchev–Trinajstić information content (AvgIpc) is 2.62. The summed E-state index contributed by atoms with van der Waals surface area (Å²) in [6.45, 7) is 6.10. The van der Waals surface area contributed by atoms with Gasteiger partial charge < -0.3 is 20.3 Å². The highest BCUT2D eigenvalue weighted by atomic mass is 127. The van der Waals surface area contributed by atoms with Crippen LogP contribution in [0.15, 0.2) is 23.3 Å². The van der Waals surface area contributed by atoms with E-state index >= 15 is 0 Å². The van der Waals surface area contributed by atoms with Gasteiger partial charge in [0.1, 0.15) is 5.15 Å². The number of nitrogens with one attached hydrogen (secondary N) is 2. The number of likely N-dealkylation sites (N-methyl/N-ethyl adjacent to an activating group) is 1. The molecule has 0 atom stereocenters. The van der Waals surface area contributed by atoms with Crippen molar-refractivity contribution in [3.8, 4) is 0 Å². The Labute approximate surface area is 179 Å². The molecule has 0 bridgehead atoms. The molecule has 0 radical (unpaired) electrons. The second-order valence-corrected chi connectivity index (χ2v) is 6.98. The smallest absolute Gasteiger partial charge is 0.191 e. The quantitative estimate of drug-likeness (QED) is 0.263. The lowest BCUT2D eigenvalue weighted by Gasteiger charge is -2.41. The summed E-state index contributed by atoms with van der Waals surface area (Å²) in [5.74, 6) is 0.858. The molecule has 0 unspecified atom stereocenters. The highest BCUT2D eigenvalue weighted by Crippen LogP contribution is 2.26. The zero-order valence-corrected chi connectivity index (χ0v) is 19.0. The summed E-state index contributed by atoms with van der Waals surface area (Å²) in [6.07, 6.45) is 4.72. The molecule has 2 rings (SSSR count). The molecule has 1 fully saturated rings. The van der Waals surface area contributed by atoms with Gasteiger partial charge in [-0.15, -0.1) is 24.0 Å². The number of hydrogen-bond donors (Lipinski definition) is 2. The lowest BCUT2D eigenvalue weighted by Crippen LogP contribution is -2.51. The van der Waals surface area contributed by atoms with Crippen LogP contribution in [0.1, 0.15) is 25.3 Å². The van der Waals surface area contributed by atoms with Crippen molar-refractivity contribution in [1.29, 1.82) is 0 Å². The Kier molecular flexibility index (Phi) is 10.7. The van der Waals surface area contributed by atoms with Gasteiger partial charge in [-0.3, -0.25) is 4.99 Å². The molecule has 1 aromatic heterocycles. The minimum atomic E-state index is 0. The molecular weight excluding hydrogens is 465 g/mol. The highest BCUT2D eigenvalue weighted by molar-refractivity contribution is 14.0. The number of guanidine groups is 1. The zero-order chi connectivity index (χ0) is 18.1. The lowest BCUT2D eigenvalue weighted by molar-refractivity contribution is -0.00254. The predicted octanol–water partition coefficient (Wildman–Crippen LogP) is 2.56. The fourth-order valence-electron chi connectivity index (χ4n) is 2.95. The van der Waals surface area contributed by atoms with Crippen molar-refractivity contribution in [2.75, 3.05) is 46.9 Å². The lowest BCUT2D eigenvalue weighted by atomic mass is 9.89. The first-order chi connectivity index (χ1) is 12.1. The van der Waals surface area contributed by atoms with E-state index in [1.54, 1.807) is 0 Å². The number of hydrogen-bond acceptors (Lipinski definition) is 4. The van der Waals surface area contributed by atoms with Gasteiger partial charge in [0.05, 0.1) is 6.54 Å². The monoisotopic (exact) mass is 495 g/mol. The molecule has 1 aliphatic heterocycles. The summed E-state index contributed by atoms with van der Waals surface area (Å²) in [7, 11) is 4.27. The van der Waals surface area contributed by atoms with E-state index in [0.717, 1.165) is 63.6 Å². The first-order valence-corrected chi connectivity index (χ1v) is 9.31. The highest BCUT2D eigenvalue weighted by Gasteiger charge is 2.34. The Morgan fingerprint density at radius 2 is 2.04 bits per heavy atom. The molecular formula is C18H31ClIN5O. The van der Waals surface area contributed by atoms with Crippen LogP contribution in [0.3, 0.4) is 0 Å². The maximum atomic E-state index is 5.82. The zero-order valence-electron chi connectivity index (χ0n) is 15.9. The van der Waals surface area contributed by atoms with E-state index in [2.05, 4.69) is 41.5 Å². The minimum absolute atomic E-state index is 0. The van der Waals surface area contributed by atoms with E-state index in [9.17, 15) is 0 Å². The minimum Gasteiger partial charge on any atom is -0.381 e. The van der Waals surface area contributed by atoms with E-state index in [4.69, 9.17) is 21.3 Å². The van der Waals surface area contributed by atoms with Crippen LogP contribution in [-0.4, -0.2) is 68.3 Å². The Balaban J connectivity index is 0.00000338. The molecule has 0 saturated carbocycles. The van der Waals surface area contributed by atoms with Crippen LogP contribution in [0.4, 0.5) is 0 Å². The topological polar surface area (TPSA) is 61.8 Å². The van der Waals surface area contributed by atoms with Crippen LogP contribution in [-0.2, 0) is 11.2 Å². The largest absolute Gasteiger partial charge is 0.381 e. The number of nitrogens with zero attached hydrogens (tertiary/aromatic N) is 3. The van der Waals surface area contributed by atoms with Crippen molar-refractivity contribution in [3.63, 3.8) is 0 Å². The van der Waals surface area contributed by atoms with Crippen molar-refractivity contribution < 1.29 is 4.74 Å². The summed E-state index contributed by atoms with van der Waals surface area (Å²) in [4.78, 5) is 11.2. The van der Waals surface area contributed by atoms with E-state index in [-0.39, 0.29) is 29.5 Å². The normalized spacial score (nSPS) is 16.9. The van der Waals surface area contributed by atoms with Crippen LogP contribution in [0.5, 0.6) is 0 Å². The average molecular weight is 496 g/mol. The van der Waals surface area contributed by atoms with Crippen LogP contribution < -0.4 is 10.6 Å². The van der Waals surface area contributed by atoms with Gasteiger partial charge in [0.2, 0.25) is 0 Å². The predicted molar refractivity (Wildman–Crippen MR) is 119 cm³/mol. The van der Waals surface area contributed by atoms with Crippen LogP contribution in [0.25, 0.3) is 0 Å². The molecule has 0 aliphatic carbocycles. The molecule has 2 heterocycles. The summed E-state index contributed by atoms with van der Waals surface area (Å²) >= 11 is 5.82. The van der Waals surface area contributed by atoms with Crippen LogP contribution >= 0.6 is 35.6 Å². The standard InChI is InChI=1S/C18H30ClN5O.HI/c1-4-20-17(21-10-7-15-5-6-16(19)22-13-15)23-14-18(24(2)3)8-11-25-12-9-18;/h5-6,13H,4,7-12,14H2,1-3H3,(H2,20,21,23);1H. The maximum Gasteiger partial charge on any atom is 0.191 e. The Hall–Kier alpha value is -0.640. The summed E-state index contributed by atoms with van der Waals surface area (Å²) in [5.41, 5.74) is 1.24. The van der Waals surface area contributed by atoms with Crippen molar-refractivity contribution in [3.05, 3.63) is 29.0 Å². The summed E-state index contributed by atoms with van der Waals surface area (Å²) in [5, 5.41) is 7.26. The molecule has 1 aromatic rings. The number of halogens is 2. The van der Waals surface area contributed by atoms with Gasteiger partial charge in [0, 0.05) is 38.0 Å². The van der Waals surface area contributed by atoms with Gasteiger partial charge in [-0.1, -0.05) is 17.7 Å². The molecule has 2 N–H and O–H groups in total. The molecule has 0 spiro atoms. The molecule has 1 aliphatic rings. The van der Waals surface area contributed by atoms with Crippen molar-refractivity contribution in [1.82, 2.24) is 20.5 Å². The number of rotatable bonds is 7. The number of ether oxygens (including phenoxy) is 1. The molecule has 0 amide bonds. The van der Waals surface area contributed by atoms with Gasteiger partial charge in [-0.2, -0.15) is 0 Å². The first kappa shape index (κ1) is 23.4. The first-order valence-electron chi connectivity index (χ1n) is 8.93. The Bertz CT molecular complexity index is 547. The molecule has 1 saturated heterocycles. The third-order valence-corrected chi connectivity index (χ3v) is 4.97. The van der Waals surface area contributed by atoms with Crippen LogP contribution in [0, 0.1) is 0 Å². The number of aliphatic imine (C=N–C) groups is 1. The van der Waals surface area contributed by atoms with E-state index in [0.29, 0.717) is 5.15 Å². The van der Waals surface area contributed by atoms with Gasteiger partial charge in [-0.25, -0.2) is 4.98 Å². The number of aromatic nitrogens is 1. The third-order valence-electron chi connectivity index (χ3n) is 4.74. The SMILES string of the molecule is CCNC(=NCC1(N(C)C)CCOCC1)NCCc1ccc(Cl)nc1.I. The third kappa shape index (κ3) is 7.17. The molecule has 0 aromatic carbocycles. The van der Waals surface area contributed by atoms with Gasteiger partial charge >= 0.3 is 0 Å². The Morgan fingerprint density at radius 3 is 2.62 bits per heavy atom. The summed E-state index contributed by atoms with van der Waals surface area (Å²) in [6, 6.07) is 3.83. The molecule has 6 nitrogen and oxygen atoms in total. The maximum absolute atomic E-state index is 5.82. The number of pyridine rings is 1. The van der Waals surface area contributed by atoms with Crippen molar-refractivity contribution in [2.24, 2.45) is 4.99 Å². The fourth-order valence-corrected chi connectivity index (χ4v) is 3.06. The van der Waals surface area contributed by atoms with Crippen molar-refractivity contribution >= 4 is 41.5 Å². The Morgan fingerprint density at radius 1 is 1.31 bits per heavy atom. The molecule has 148 valence electrons. The fraction of sp³-hybridized carbons (Fsp3) is 0.667. The van der Waals surface area contributed by atoms with Crippen LogP contribution in [0.2, 0.25) is 5.15 Å². The van der Waals surface area contributed by atoms with E-state index < -0.39 is 0 Å². The summed E-state index contributed by atoms with van der Waals surface area (Å²) < 4.78 is 5.53. The van der Waals surface area contributed by atoms with E-state index in [1.807, 2.05) is 18.3 Å². The second-order valence-electron chi connectivity index (χ2n) is 6.59. The molecule has 26 heavy (non-hydrogen) atoms. The second kappa shape index (κ2) is 11.9. The van der Waals surface area contributed by atoms with Crippen molar-refractivity contribution in [2.45, 2.75) is 31.7 Å². The van der Waals surface area contributed by atoms with Gasteiger partial charge in [0.25, 0.3) is 0 Å². The van der Waals surface area contributed by atoms with Gasteiger partial charge in [0.15, 0.2) is 5.96 Å². The van der Waals surface area contributed by atoms with Gasteiger partial charge in [-0.05, 0) is 51.9 Å².